The summed E-state index contributed by atoms with van der Waals surface area (Å²) in [5, 5.41) is 9.65. The number of rotatable bonds is 4. The molecule has 4 aromatic rings. The number of thiocarbonyl (C=S) groups is 1. The smallest absolute Gasteiger partial charge is 0.131 e. The van der Waals surface area contributed by atoms with Gasteiger partial charge in [0.2, 0.25) is 0 Å². The number of aryl methyl sites for hydroxylation is 1. The van der Waals surface area contributed by atoms with E-state index in [0.29, 0.717) is 11.4 Å². The molecule has 0 aliphatic carbocycles. The minimum Gasteiger partial charge on any atom is -0.334 e. The van der Waals surface area contributed by atoms with Gasteiger partial charge in [-0.25, -0.2) is 4.98 Å². The summed E-state index contributed by atoms with van der Waals surface area (Å²) in [6, 6.07) is 12.2. The third kappa shape index (κ3) is 3.60. The van der Waals surface area contributed by atoms with Gasteiger partial charge in [-0.3, -0.25) is 9.67 Å². The number of nitrogens with one attached hydrogen (secondary N) is 1. The Hall–Kier alpha value is -3.12. The van der Waals surface area contributed by atoms with Crippen LogP contribution < -0.4 is 5.32 Å². The molecule has 0 unspecified atom stereocenters. The molecule has 3 heterocycles. The van der Waals surface area contributed by atoms with Crippen LogP contribution in [0.25, 0.3) is 21.9 Å². The highest BCUT2D eigenvalue weighted by Gasteiger charge is 2.05. The van der Waals surface area contributed by atoms with Crippen molar-refractivity contribution in [1.29, 1.82) is 0 Å². The Labute approximate surface area is 156 Å². The standard InChI is InChI=1S/C20H17N5S/c1-25-13-18(12-23-25)15-4-5-16-11-22-19(9-17(16)8-15)24-20(26)7-14-3-2-6-21-10-14/h2-6,8-13H,7H2,1H3,(H,22,24,26). The minimum atomic E-state index is 0.638. The van der Waals surface area contributed by atoms with Crippen molar-refractivity contribution in [2.75, 3.05) is 5.32 Å². The zero-order chi connectivity index (χ0) is 17.9. The molecule has 0 spiro atoms. The van der Waals surface area contributed by atoms with E-state index < -0.39 is 0 Å². The zero-order valence-electron chi connectivity index (χ0n) is 14.3. The summed E-state index contributed by atoms with van der Waals surface area (Å²) in [5.74, 6) is 0.745. The average molecular weight is 359 g/mol. The number of fused-ring (bicyclic) bond motifs is 1. The van der Waals surface area contributed by atoms with E-state index in [1.807, 2.05) is 50.0 Å². The Balaban J connectivity index is 1.57. The fourth-order valence-corrected chi connectivity index (χ4v) is 3.11. The number of anilines is 1. The van der Waals surface area contributed by atoms with Gasteiger partial charge in [0.05, 0.1) is 11.2 Å². The molecule has 0 atom stereocenters. The first kappa shape index (κ1) is 16.4. The van der Waals surface area contributed by atoms with Gasteiger partial charge in [0, 0.05) is 49.2 Å². The number of hydrogen-bond donors (Lipinski definition) is 1. The van der Waals surface area contributed by atoms with Gasteiger partial charge in [0.1, 0.15) is 5.82 Å². The van der Waals surface area contributed by atoms with Gasteiger partial charge in [-0.15, -0.1) is 0 Å². The van der Waals surface area contributed by atoms with Crippen molar-refractivity contribution in [1.82, 2.24) is 19.7 Å². The molecule has 0 radical (unpaired) electrons. The fourth-order valence-electron chi connectivity index (χ4n) is 2.83. The van der Waals surface area contributed by atoms with Crippen LogP contribution in [-0.4, -0.2) is 24.7 Å². The first-order chi connectivity index (χ1) is 12.7. The number of nitrogens with zero attached hydrogens (tertiary/aromatic N) is 4. The molecular formula is C20H17N5S. The van der Waals surface area contributed by atoms with E-state index >= 15 is 0 Å². The Morgan fingerprint density at radius 3 is 2.77 bits per heavy atom. The van der Waals surface area contributed by atoms with E-state index in [4.69, 9.17) is 12.2 Å². The quantitative estimate of drug-likeness (QED) is 0.558. The van der Waals surface area contributed by atoms with Crippen LogP contribution in [0.5, 0.6) is 0 Å². The van der Waals surface area contributed by atoms with Crippen LogP contribution in [0.15, 0.2) is 67.4 Å². The molecule has 4 rings (SSSR count). The summed E-state index contributed by atoms with van der Waals surface area (Å²) in [4.78, 5) is 9.30. The lowest BCUT2D eigenvalue weighted by molar-refractivity contribution is 0.768. The number of aromatic nitrogens is 4. The summed E-state index contributed by atoms with van der Waals surface area (Å²) >= 11 is 5.46. The molecule has 0 saturated carbocycles. The van der Waals surface area contributed by atoms with E-state index in [9.17, 15) is 0 Å². The molecule has 3 aromatic heterocycles. The van der Waals surface area contributed by atoms with Crippen molar-refractivity contribution in [3.05, 3.63) is 72.9 Å². The normalized spacial score (nSPS) is 10.8. The van der Waals surface area contributed by atoms with Crippen molar-refractivity contribution < 1.29 is 0 Å². The third-order valence-corrected chi connectivity index (χ3v) is 4.36. The summed E-state index contributed by atoms with van der Waals surface area (Å²) in [6.07, 6.45) is 9.94. The molecule has 26 heavy (non-hydrogen) atoms. The summed E-state index contributed by atoms with van der Waals surface area (Å²) in [7, 11) is 1.92. The Morgan fingerprint density at radius 1 is 1.08 bits per heavy atom. The van der Waals surface area contributed by atoms with E-state index in [1.165, 1.54) is 0 Å². The van der Waals surface area contributed by atoms with Crippen LogP contribution in [0, 0.1) is 0 Å². The summed E-state index contributed by atoms with van der Waals surface area (Å²) in [5.41, 5.74) is 3.29. The van der Waals surface area contributed by atoms with Gasteiger partial charge in [-0.2, -0.15) is 5.10 Å². The molecule has 128 valence electrons. The number of benzene rings is 1. The predicted octanol–water partition coefficient (Wildman–Crippen LogP) is 4.01. The number of pyridine rings is 2. The molecule has 0 saturated heterocycles. The second-order valence-corrected chi connectivity index (χ2v) is 6.61. The van der Waals surface area contributed by atoms with Crippen LogP contribution in [0.2, 0.25) is 0 Å². The molecule has 1 N–H and O–H groups in total. The Morgan fingerprint density at radius 2 is 2.00 bits per heavy atom. The van der Waals surface area contributed by atoms with Crippen molar-refractivity contribution in [2.24, 2.45) is 7.05 Å². The van der Waals surface area contributed by atoms with Gasteiger partial charge >= 0.3 is 0 Å². The lowest BCUT2D eigenvalue weighted by atomic mass is 10.1. The highest BCUT2D eigenvalue weighted by Crippen LogP contribution is 2.25. The van der Waals surface area contributed by atoms with Crippen molar-refractivity contribution in [3.8, 4) is 11.1 Å². The molecule has 0 aliphatic rings. The average Bonchev–Trinajstić information content (AvgIpc) is 3.08. The van der Waals surface area contributed by atoms with Gasteiger partial charge in [0.15, 0.2) is 0 Å². The maximum Gasteiger partial charge on any atom is 0.131 e. The highest BCUT2D eigenvalue weighted by molar-refractivity contribution is 7.80. The molecule has 0 amide bonds. The minimum absolute atomic E-state index is 0.638. The molecule has 0 aliphatic heterocycles. The zero-order valence-corrected chi connectivity index (χ0v) is 15.1. The van der Waals surface area contributed by atoms with Crippen LogP contribution in [0.3, 0.4) is 0 Å². The Bertz CT molecular complexity index is 1070. The van der Waals surface area contributed by atoms with E-state index in [0.717, 1.165) is 33.3 Å². The first-order valence-corrected chi connectivity index (χ1v) is 8.66. The van der Waals surface area contributed by atoms with Crippen LogP contribution >= 0.6 is 12.2 Å². The maximum atomic E-state index is 5.46. The topological polar surface area (TPSA) is 55.6 Å². The van der Waals surface area contributed by atoms with Crippen molar-refractivity contribution in [2.45, 2.75) is 6.42 Å². The van der Waals surface area contributed by atoms with Gasteiger partial charge in [-0.05, 0) is 34.7 Å². The van der Waals surface area contributed by atoms with Crippen LogP contribution in [0.4, 0.5) is 5.82 Å². The third-order valence-electron chi connectivity index (χ3n) is 4.11. The molecule has 0 fully saturated rings. The second-order valence-electron chi connectivity index (χ2n) is 6.12. The lowest BCUT2D eigenvalue weighted by Gasteiger charge is -2.09. The van der Waals surface area contributed by atoms with Gasteiger partial charge in [0.25, 0.3) is 0 Å². The maximum absolute atomic E-state index is 5.46. The molecule has 6 heteroatoms. The largest absolute Gasteiger partial charge is 0.334 e. The Kier molecular flexibility index (Phi) is 4.41. The SMILES string of the molecule is Cn1cc(-c2ccc3cnc(NC(=S)Cc4cccnc4)cc3c2)cn1. The predicted molar refractivity (Wildman–Crippen MR) is 108 cm³/mol. The highest BCUT2D eigenvalue weighted by atomic mass is 32.1. The molecule has 0 bridgehead atoms. The monoisotopic (exact) mass is 359 g/mol. The fraction of sp³-hybridized carbons (Fsp3) is 0.100. The second kappa shape index (κ2) is 7.01. The van der Waals surface area contributed by atoms with E-state index in [2.05, 4.69) is 38.6 Å². The molecule has 1 aromatic carbocycles. The molecule has 5 nitrogen and oxygen atoms in total. The van der Waals surface area contributed by atoms with Crippen LogP contribution in [0.1, 0.15) is 5.56 Å². The van der Waals surface area contributed by atoms with Gasteiger partial charge in [-0.1, -0.05) is 30.4 Å². The van der Waals surface area contributed by atoms with E-state index in [-0.39, 0.29) is 0 Å². The van der Waals surface area contributed by atoms with Crippen molar-refractivity contribution in [3.63, 3.8) is 0 Å². The molecular weight excluding hydrogens is 342 g/mol. The number of hydrogen-bond acceptors (Lipinski definition) is 4. The van der Waals surface area contributed by atoms with E-state index in [1.54, 1.807) is 10.9 Å². The lowest BCUT2D eigenvalue weighted by Crippen LogP contribution is -2.13. The van der Waals surface area contributed by atoms with Gasteiger partial charge < -0.3 is 5.32 Å². The summed E-state index contributed by atoms with van der Waals surface area (Å²) < 4.78 is 1.80. The summed E-state index contributed by atoms with van der Waals surface area (Å²) in [6.45, 7) is 0. The van der Waals surface area contributed by atoms with Crippen molar-refractivity contribution >= 4 is 33.8 Å². The first-order valence-electron chi connectivity index (χ1n) is 8.25. The van der Waals surface area contributed by atoms with Crippen LogP contribution in [-0.2, 0) is 13.5 Å².